The van der Waals surface area contributed by atoms with Gasteiger partial charge in [0, 0.05) is 7.05 Å². The molecule has 0 spiro atoms. The molecule has 2 heterocycles. The van der Waals surface area contributed by atoms with Gasteiger partial charge in [-0.1, -0.05) is 24.4 Å². The first-order valence-electron chi connectivity index (χ1n) is 5.81. The van der Waals surface area contributed by atoms with Crippen molar-refractivity contribution in [1.29, 1.82) is 10.7 Å². The maximum absolute atomic E-state index is 9.30. The fourth-order valence-corrected chi connectivity index (χ4v) is 2.52. The molecule has 98 valence electrons. The molecule has 3 rings (SSSR count). The predicted molar refractivity (Wildman–Crippen MR) is 78.1 cm³/mol. The third-order valence-corrected chi connectivity index (χ3v) is 3.43. The van der Waals surface area contributed by atoms with E-state index in [1.54, 1.807) is 4.40 Å². The predicted octanol–water partition coefficient (Wildman–Crippen LogP) is 0.811. The number of benzene rings is 1. The third kappa shape index (κ3) is 1.45. The van der Waals surface area contributed by atoms with E-state index in [1.165, 1.54) is 0 Å². The number of fused-ring (bicyclic) bond motifs is 3. The molecule has 0 fully saturated rings. The lowest BCUT2D eigenvalue weighted by Crippen LogP contribution is -2.28. The first-order valence-corrected chi connectivity index (χ1v) is 6.21. The second-order valence-electron chi connectivity index (χ2n) is 4.34. The molecule has 3 aromatic rings. The van der Waals surface area contributed by atoms with Crippen LogP contribution in [0, 0.1) is 16.7 Å². The zero-order valence-corrected chi connectivity index (χ0v) is 11.4. The monoisotopic (exact) mass is 282 g/mol. The van der Waals surface area contributed by atoms with Crippen LogP contribution in [0.3, 0.4) is 0 Å². The summed E-state index contributed by atoms with van der Waals surface area (Å²) in [6.07, 6.45) is 0. The highest BCUT2D eigenvalue weighted by molar-refractivity contribution is 7.80. The van der Waals surface area contributed by atoms with E-state index in [4.69, 9.17) is 23.4 Å². The second kappa shape index (κ2) is 4.15. The number of thiocarbonyl (C=S) groups is 1. The van der Waals surface area contributed by atoms with Crippen LogP contribution in [-0.4, -0.2) is 18.9 Å². The molecule has 0 atom stereocenters. The molecule has 7 heteroatoms. The van der Waals surface area contributed by atoms with E-state index >= 15 is 0 Å². The molecular formula is C13H10N6S. The summed E-state index contributed by atoms with van der Waals surface area (Å²) in [6.45, 7) is 0. The smallest absolute Gasteiger partial charge is 0.182 e. The topological polar surface area (TPSA) is 95.9 Å². The maximum Gasteiger partial charge on any atom is 0.182 e. The molecular weight excluding hydrogens is 272 g/mol. The van der Waals surface area contributed by atoms with E-state index in [0.29, 0.717) is 5.65 Å². The van der Waals surface area contributed by atoms with E-state index in [0.717, 1.165) is 11.0 Å². The van der Waals surface area contributed by atoms with E-state index < -0.39 is 0 Å². The molecule has 20 heavy (non-hydrogen) atoms. The summed E-state index contributed by atoms with van der Waals surface area (Å²) in [5.41, 5.74) is 8.31. The lowest BCUT2D eigenvalue weighted by Gasteiger charge is -2.04. The van der Waals surface area contributed by atoms with Gasteiger partial charge in [-0.3, -0.25) is 9.81 Å². The van der Waals surface area contributed by atoms with Crippen LogP contribution in [0.5, 0.6) is 0 Å². The van der Waals surface area contributed by atoms with Crippen molar-refractivity contribution >= 4 is 33.9 Å². The van der Waals surface area contributed by atoms with E-state index in [9.17, 15) is 5.26 Å². The van der Waals surface area contributed by atoms with Gasteiger partial charge >= 0.3 is 0 Å². The first kappa shape index (κ1) is 12.3. The number of hydrogen-bond acceptors (Lipinski definition) is 4. The molecule has 0 radical (unpaired) electrons. The Morgan fingerprint density at radius 1 is 1.40 bits per heavy atom. The number of nitrogens with two attached hydrogens (primary N) is 1. The van der Waals surface area contributed by atoms with Gasteiger partial charge in [-0.05, 0) is 12.1 Å². The average molecular weight is 282 g/mol. The summed E-state index contributed by atoms with van der Waals surface area (Å²) in [5, 5.41) is 17.5. The van der Waals surface area contributed by atoms with Crippen molar-refractivity contribution in [2.45, 2.75) is 0 Å². The van der Waals surface area contributed by atoms with Crippen molar-refractivity contribution in [2.24, 2.45) is 12.8 Å². The number of nitrogens with zero attached hydrogens (tertiary/aromatic N) is 4. The van der Waals surface area contributed by atoms with Gasteiger partial charge in [0.1, 0.15) is 16.8 Å². The fraction of sp³-hybridized carbons (Fsp3) is 0.0769. The van der Waals surface area contributed by atoms with Gasteiger partial charge in [0.15, 0.2) is 16.8 Å². The first-order chi connectivity index (χ1) is 9.56. The summed E-state index contributed by atoms with van der Waals surface area (Å²) in [7, 11) is 1.83. The summed E-state index contributed by atoms with van der Waals surface area (Å²) in [6, 6.07) is 9.62. The number of hydrogen-bond donors (Lipinski definition) is 2. The molecule has 0 saturated carbocycles. The summed E-state index contributed by atoms with van der Waals surface area (Å²) >= 11 is 4.92. The van der Waals surface area contributed by atoms with Crippen molar-refractivity contribution in [3.05, 3.63) is 41.1 Å². The Kier molecular flexibility index (Phi) is 2.55. The SMILES string of the molecule is Cn1c2ccccc2n2c(=N)c(C(N)=S)nc(C#N)c12. The maximum atomic E-state index is 9.30. The van der Waals surface area contributed by atoms with Crippen LogP contribution in [-0.2, 0) is 7.05 Å². The van der Waals surface area contributed by atoms with Crippen LogP contribution in [0.15, 0.2) is 24.3 Å². The molecule has 0 aliphatic carbocycles. The molecule has 0 unspecified atom stereocenters. The normalized spacial score (nSPS) is 10.8. The number of nitrogens with one attached hydrogen (secondary N) is 1. The van der Waals surface area contributed by atoms with Gasteiger partial charge in [-0.15, -0.1) is 0 Å². The minimum Gasteiger partial charge on any atom is -0.388 e. The highest BCUT2D eigenvalue weighted by Crippen LogP contribution is 2.19. The number of rotatable bonds is 1. The van der Waals surface area contributed by atoms with Crippen LogP contribution in [0.4, 0.5) is 0 Å². The number of para-hydroxylation sites is 2. The second-order valence-corrected chi connectivity index (χ2v) is 4.78. The Balaban J connectivity index is 2.72. The van der Waals surface area contributed by atoms with Crippen molar-refractivity contribution in [3.8, 4) is 6.07 Å². The van der Waals surface area contributed by atoms with Crippen LogP contribution in [0.2, 0.25) is 0 Å². The number of imidazole rings is 1. The van der Waals surface area contributed by atoms with Gasteiger partial charge in [-0.25, -0.2) is 4.98 Å². The molecule has 1 aromatic carbocycles. The highest BCUT2D eigenvalue weighted by atomic mass is 32.1. The van der Waals surface area contributed by atoms with Crippen molar-refractivity contribution in [3.63, 3.8) is 0 Å². The van der Waals surface area contributed by atoms with Crippen LogP contribution in [0.25, 0.3) is 16.7 Å². The van der Waals surface area contributed by atoms with Crippen LogP contribution in [0.1, 0.15) is 11.4 Å². The Labute approximate surface area is 119 Å². The van der Waals surface area contributed by atoms with Gasteiger partial charge < -0.3 is 10.3 Å². The minimum absolute atomic E-state index is 0.00818. The van der Waals surface area contributed by atoms with E-state index in [2.05, 4.69) is 4.98 Å². The Hall–Kier alpha value is -2.72. The quantitative estimate of drug-likeness (QED) is 0.646. The number of nitriles is 1. The zero-order valence-electron chi connectivity index (χ0n) is 10.6. The molecule has 6 nitrogen and oxygen atoms in total. The van der Waals surface area contributed by atoms with E-state index in [1.807, 2.05) is 41.9 Å². The average Bonchev–Trinajstić information content (AvgIpc) is 2.74. The third-order valence-electron chi connectivity index (χ3n) is 3.24. The van der Waals surface area contributed by atoms with Gasteiger partial charge in [0.05, 0.1) is 11.0 Å². The molecule has 0 aliphatic rings. The van der Waals surface area contributed by atoms with Crippen molar-refractivity contribution in [2.75, 3.05) is 0 Å². The number of aromatic nitrogens is 3. The molecule has 0 amide bonds. The van der Waals surface area contributed by atoms with Crippen molar-refractivity contribution < 1.29 is 0 Å². The summed E-state index contributed by atoms with van der Waals surface area (Å²) in [5.74, 6) is 0. The summed E-state index contributed by atoms with van der Waals surface area (Å²) in [4.78, 5) is 4.13. The lowest BCUT2D eigenvalue weighted by molar-refractivity contribution is 0.921. The van der Waals surface area contributed by atoms with Gasteiger partial charge in [0.25, 0.3) is 0 Å². The molecule has 0 aliphatic heterocycles. The Morgan fingerprint density at radius 3 is 2.65 bits per heavy atom. The largest absolute Gasteiger partial charge is 0.388 e. The standard InChI is InChI=1S/C13H10N6S/c1-18-8-4-2-3-5-9(8)19-11(15)10(12(16)20)17-7(6-14)13(18)19/h2-5,15H,1H3,(H2,16,20). The van der Waals surface area contributed by atoms with Crippen LogP contribution >= 0.6 is 12.2 Å². The van der Waals surface area contributed by atoms with Gasteiger partial charge in [-0.2, -0.15) is 5.26 Å². The lowest BCUT2D eigenvalue weighted by atomic mass is 10.3. The molecule has 2 aromatic heterocycles. The molecule has 3 N–H and O–H groups in total. The van der Waals surface area contributed by atoms with Gasteiger partial charge in [0.2, 0.25) is 0 Å². The highest BCUT2D eigenvalue weighted by Gasteiger charge is 2.17. The number of aryl methyl sites for hydroxylation is 1. The minimum atomic E-state index is 0.00818. The Bertz CT molecular complexity index is 972. The summed E-state index contributed by atoms with van der Waals surface area (Å²) < 4.78 is 3.48. The fourth-order valence-electron chi connectivity index (χ4n) is 2.37. The Morgan fingerprint density at radius 2 is 2.05 bits per heavy atom. The van der Waals surface area contributed by atoms with E-state index in [-0.39, 0.29) is 21.9 Å². The van der Waals surface area contributed by atoms with Crippen molar-refractivity contribution in [1.82, 2.24) is 14.0 Å². The van der Waals surface area contributed by atoms with Crippen LogP contribution < -0.4 is 11.2 Å². The zero-order chi connectivity index (χ0) is 14.4. The molecule has 0 bridgehead atoms. The molecule has 0 saturated heterocycles.